The van der Waals surface area contributed by atoms with Crippen molar-refractivity contribution in [2.75, 3.05) is 13.2 Å². The van der Waals surface area contributed by atoms with E-state index in [2.05, 4.69) is 6.92 Å². The number of rotatable bonds is 5. The van der Waals surface area contributed by atoms with Crippen LogP contribution in [0.1, 0.15) is 51.9 Å². The molecule has 0 N–H and O–H groups in total. The van der Waals surface area contributed by atoms with Crippen molar-refractivity contribution in [1.82, 2.24) is 0 Å². The van der Waals surface area contributed by atoms with E-state index in [0.717, 1.165) is 19.1 Å². The van der Waals surface area contributed by atoms with Crippen LogP contribution in [0.25, 0.3) is 0 Å². The molecule has 2 rings (SSSR count). The summed E-state index contributed by atoms with van der Waals surface area (Å²) < 4.78 is 11.9. The molecule has 1 saturated carbocycles. The van der Waals surface area contributed by atoms with Crippen molar-refractivity contribution < 1.29 is 9.16 Å². The zero-order valence-electron chi connectivity index (χ0n) is 10.6. The van der Waals surface area contributed by atoms with E-state index < -0.39 is 9.04 Å². The minimum absolute atomic E-state index is 0.530. The van der Waals surface area contributed by atoms with E-state index in [4.69, 9.17) is 9.16 Å². The zero-order chi connectivity index (χ0) is 11.2. The summed E-state index contributed by atoms with van der Waals surface area (Å²) in [5.41, 5.74) is 0.530. The third-order valence-corrected chi connectivity index (χ3v) is 7.30. The van der Waals surface area contributed by atoms with Gasteiger partial charge >= 0.3 is 0 Å². The summed E-state index contributed by atoms with van der Waals surface area (Å²) in [4.78, 5) is 0. The van der Waals surface area contributed by atoms with E-state index in [0.29, 0.717) is 5.73 Å². The molecule has 2 atom stereocenters. The lowest BCUT2D eigenvalue weighted by Crippen LogP contribution is -2.36. The van der Waals surface area contributed by atoms with Gasteiger partial charge < -0.3 is 9.16 Å². The van der Waals surface area contributed by atoms with Crippen LogP contribution in [0.4, 0.5) is 0 Å². The van der Waals surface area contributed by atoms with Gasteiger partial charge in [0, 0.05) is 13.2 Å². The van der Waals surface area contributed by atoms with Crippen LogP contribution >= 0.6 is 0 Å². The van der Waals surface area contributed by atoms with E-state index in [-0.39, 0.29) is 0 Å². The van der Waals surface area contributed by atoms with E-state index in [1.807, 2.05) is 0 Å². The summed E-state index contributed by atoms with van der Waals surface area (Å²) in [6, 6.07) is 1.37. The van der Waals surface area contributed by atoms with Gasteiger partial charge in [-0.1, -0.05) is 32.1 Å². The molecule has 2 fully saturated rings. The van der Waals surface area contributed by atoms with E-state index >= 15 is 0 Å². The van der Waals surface area contributed by atoms with Gasteiger partial charge in [-0.15, -0.1) is 0 Å². The minimum Gasteiger partial charge on any atom is -0.418 e. The molecule has 1 aliphatic carbocycles. The Morgan fingerprint density at radius 3 is 2.56 bits per heavy atom. The van der Waals surface area contributed by atoms with Gasteiger partial charge in [-0.2, -0.15) is 0 Å². The highest BCUT2D eigenvalue weighted by Gasteiger charge is 2.31. The summed E-state index contributed by atoms with van der Waals surface area (Å²) in [6.45, 7) is 4.01. The summed E-state index contributed by atoms with van der Waals surface area (Å²) in [7, 11) is -1.08. The molecule has 1 heterocycles. The van der Waals surface area contributed by atoms with Gasteiger partial charge in [0.1, 0.15) is 0 Å². The fraction of sp³-hybridized carbons (Fsp3) is 1.00. The number of hydrogen-bond donors (Lipinski definition) is 0. The molecule has 0 amide bonds. The second kappa shape index (κ2) is 6.77. The number of ether oxygens (including phenoxy) is 1. The Morgan fingerprint density at radius 1 is 1.12 bits per heavy atom. The molecule has 94 valence electrons. The first-order valence-electron chi connectivity index (χ1n) is 7.13. The second-order valence-corrected chi connectivity index (χ2v) is 7.91. The summed E-state index contributed by atoms with van der Waals surface area (Å²) >= 11 is 0. The Balaban J connectivity index is 1.80. The van der Waals surface area contributed by atoms with Crippen LogP contribution in [-0.4, -0.2) is 28.0 Å². The summed E-state index contributed by atoms with van der Waals surface area (Å²) in [5.74, 6) is 0.959. The average Bonchev–Trinajstić information content (AvgIpc) is 2.83. The summed E-state index contributed by atoms with van der Waals surface area (Å²) in [5, 5.41) is 0. The van der Waals surface area contributed by atoms with Gasteiger partial charge in [-0.3, -0.25) is 0 Å². The molecule has 1 saturated heterocycles. The SMILES string of the molecule is CCO[SiH](CC1CCCCC1)C1CCCO1. The molecule has 0 aromatic heterocycles. The first kappa shape index (κ1) is 12.6. The Hall–Kier alpha value is 0.137. The lowest BCUT2D eigenvalue weighted by atomic mass is 9.91. The molecule has 2 unspecified atom stereocenters. The Kier molecular flexibility index (Phi) is 5.33. The topological polar surface area (TPSA) is 18.5 Å². The molecular formula is C13H26O2Si. The van der Waals surface area contributed by atoms with Crippen molar-refractivity contribution in [3.05, 3.63) is 0 Å². The molecule has 0 spiro atoms. The van der Waals surface area contributed by atoms with Gasteiger partial charge in [0.2, 0.25) is 9.04 Å². The maximum Gasteiger partial charge on any atom is 0.205 e. The van der Waals surface area contributed by atoms with Gasteiger partial charge in [0.15, 0.2) is 0 Å². The predicted octanol–water partition coefficient (Wildman–Crippen LogP) is 3.05. The molecule has 2 aliphatic rings. The van der Waals surface area contributed by atoms with Crippen molar-refractivity contribution in [1.29, 1.82) is 0 Å². The average molecular weight is 242 g/mol. The molecule has 16 heavy (non-hydrogen) atoms. The van der Waals surface area contributed by atoms with Gasteiger partial charge in [-0.05, 0) is 31.7 Å². The lowest BCUT2D eigenvalue weighted by Gasteiger charge is -2.28. The molecule has 1 aliphatic heterocycles. The highest BCUT2D eigenvalue weighted by Crippen LogP contribution is 2.30. The van der Waals surface area contributed by atoms with Crippen molar-refractivity contribution in [2.24, 2.45) is 5.92 Å². The Bertz CT molecular complexity index is 186. The molecule has 0 bridgehead atoms. The maximum atomic E-state index is 6.04. The predicted molar refractivity (Wildman–Crippen MR) is 69.1 cm³/mol. The quantitative estimate of drug-likeness (QED) is 0.690. The molecule has 0 aromatic rings. The minimum atomic E-state index is -1.08. The third-order valence-electron chi connectivity index (χ3n) is 4.05. The molecule has 3 heteroatoms. The molecule has 0 aromatic carbocycles. The highest BCUT2D eigenvalue weighted by atomic mass is 28.3. The second-order valence-electron chi connectivity index (χ2n) is 5.29. The van der Waals surface area contributed by atoms with Crippen LogP contribution in [0.2, 0.25) is 6.04 Å². The zero-order valence-corrected chi connectivity index (χ0v) is 11.8. The largest absolute Gasteiger partial charge is 0.418 e. The van der Waals surface area contributed by atoms with Gasteiger partial charge in [0.05, 0.1) is 5.73 Å². The third kappa shape index (κ3) is 3.57. The highest BCUT2D eigenvalue weighted by molar-refractivity contribution is 6.53. The van der Waals surface area contributed by atoms with Crippen molar-refractivity contribution >= 4 is 9.04 Å². The van der Waals surface area contributed by atoms with Crippen molar-refractivity contribution in [3.8, 4) is 0 Å². The van der Waals surface area contributed by atoms with Gasteiger partial charge in [-0.25, -0.2) is 0 Å². The molecule has 2 nitrogen and oxygen atoms in total. The normalized spacial score (nSPS) is 29.4. The Morgan fingerprint density at radius 2 is 1.94 bits per heavy atom. The molecule has 0 radical (unpaired) electrons. The standard InChI is InChI=1S/C13H26O2Si/c1-2-15-16(13-9-6-10-14-13)11-12-7-4-3-5-8-12/h12-13,16H,2-11H2,1H3. The molecular weight excluding hydrogens is 216 g/mol. The van der Waals surface area contributed by atoms with Crippen LogP contribution in [-0.2, 0) is 9.16 Å². The monoisotopic (exact) mass is 242 g/mol. The van der Waals surface area contributed by atoms with E-state index in [1.54, 1.807) is 0 Å². The van der Waals surface area contributed by atoms with Crippen LogP contribution in [0.15, 0.2) is 0 Å². The fourth-order valence-electron chi connectivity index (χ4n) is 3.19. The van der Waals surface area contributed by atoms with Gasteiger partial charge in [0.25, 0.3) is 0 Å². The first-order valence-corrected chi connectivity index (χ1v) is 9.09. The van der Waals surface area contributed by atoms with Crippen LogP contribution < -0.4 is 0 Å². The van der Waals surface area contributed by atoms with Crippen LogP contribution in [0, 0.1) is 5.92 Å². The van der Waals surface area contributed by atoms with E-state index in [1.165, 1.54) is 51.0 Å². The Labute approximate surface area is 101 Å². The van der Waals surface area contributed by atoms with Crippen LogP contribution in [0.5, 0.6) is 0 Å². The fourth-order valence-corrected chi connectivity index (χ4v) is 6.36. The van der Waals surface area contributed by atoms with Crippen molar-refractivity contribution in [2.45, 2.75) is 63.6 Å². The lowest BCUT2D eigenvalue weighted by molar-refractivity contribution is 0.141. The van der Waals surface area contributed by atoms with Crippen molar-refractivity contribution in [3.63, 3.8) is 0 Å². The summed E-state index contributed by atoms with van der Waals surface area (Å²) in [6.07, 6.45) is 9.77. The first-order chi connectivity index (χ1) is 7.90. The number of hydrogen-bond acceptors (Lipinski definition) is 2. The van der Waals surface area contributed by atoms with E-state index in [9.17, 15) is 0 Å². The van der Waals surface area contributed by atoms with Crippen LogP contribution in [0.3, 0.4) is 0 Å². The smallest absolute Gasteiger partial charge is 0.205 e. The maximum absolute atomic E-state index is 6.04.